The number of fused-ring (bicyclic) bond motifs is 1. The van der Waals surface area contributed by atoms with Crippen molar-refractivity contribution < 1.29 is 0 Å². The van der Waals surface area contributed by atoms with Crippen molar-refractivity contribution in [2.75, 3.05) is 0 Å². The Bertz CT molecular complexity index is 647. The average molecular weight is 220 g/mol. The number of para-hydroxylation sites is 1. The summed E-state index contributed by atoms with van der Waals surface area (Å²) >= 11 is 0. The van der Waals surface area contributed by atoms with Gasteiger partial charge in [-0.1, -0.05) is 36.9 Å². The third-order valence-corrected chi connectivity index (χ3v) is 2.84. The monoisotopic (exact) mass is 220 g/mol. The van der Waals surface area contributed by atoms with Gasteiger partial charge in [-0.15, -0.1) is 0 Å². The maximum absolute atomic E-state index is 4.41. The molecule has 1 aromatic carbocycles. The lowest BCUT2D eigenvalue weighted by Crippen LogP contribution is -1.86. The summed E-state index contributed by atoms with van der Waals surface area (Å²) in [5.41, 5.74) is 4.14. The van der Waals surface area contributed by atoms with Crippen LogP contribution in [-0.4, -0.2) is 9.97 Å². The van der Waals surface area contributed by atoms with Crippen molar-refractivity contribution >= 4 is 17.0 Å². The van der Waals surface area contributed by atoms with E-state index in [9.17, 15) is 0 Å². The summed E-state index contributed by atoms with van der Waals surface area (Å²) in [5.74, 6) is 0. The maximum Gasteiger partial charge on any atom is 0.0936 e. The molecule has 82 valence electrons. The molecule has 2 aromatic heterocycles. The van der Waals surface area contributed by atoms with Gasteiger partial charge in [0.25, 0.3) is 0 Å². The smallest absolute Gasteiger partial charge is 0.0936 e. The lowest BCUT2D eigenvalue weighted by Gasteiger charge is -2.01. The minimum absolute atomic E-state index is 0.943. The van der Waals surface area contributed by atoms with Gasteiger partial charge in [-0.25, -0.2) is 0 Å². The van der Waals surface area contributed by atoms with Gasteiger partial charge in [0.2, 0.25) is 0 Å². The van der Waals surface area contributed by atoms with Crippen molar-refractivity contribution in [2.45, 2.75) is 0 Å². The molecular weight excluding hydrogens is 208 g/mol. The average Bonchev–Trinajstić information content (AvgIpc) is 2.82. The molecule has 0 unspecified atom stereocenters. The van der Waals surface area contributed by atoms with Gasteiger partial charge < -0.3 is 4.98 Å². The first-order chi connectivity index (χ1) is 8.38. The molecule has 17 heavy (non-hydrogen) atoms. The molecule has 0 saturated carbocycles. The second-order valence-electron chi connectivity index (χ2n) is 3.92. The summed E-state index contributed by atoms with van der Waals surface area (Å²) in [6.45, 7) is 3.82. The van der Waals surface area contributed by atoms with Crippen LogP contribution in [0.4, 0.5) is 0 Å². The normalized spacial score (nSPS) is 10.6. The second kappa shape index (κ2) is 3.91. The van der Waals surface area contributed by atoms with E-state index in [1.807, 2.05) is 30.3 Å². The first-order valence-corrected chi connectivity index (χ1v) is 5.54. The molecule has 3 rings (SSSR count). The molecule has 0 aliphatic rings. The Labute approximate surface area is 99.6 Å². The zero-order valence-corrected chi connectivity index (χ0v) is 9.35. The first kappa shape index (κ1) is 9.85. The number of pyridine rings is 1. The molecule has 0 aliphatic carbocycles. The summed E-state index contributed by atoms with van der Waals surface area (Å²) in [6, 6.07) is 14.3. The van der Waals surface area contributed by atoms with Gasteiger partial charge in [-0.05, 0) is 18.2 Å². The Balaban J connectivity index is 2.23. The van der Waals surface area contributed by atoms with Gasteiger partial charge in [-0.2, -0.15) is 0 Å². The minimum Gasteiger partial charge on any atom is -0.353 e. The van der Waals surface area contributed by atoms with Crippen LogP contribution < -0.4 is 0 Å². The van der Waals surface area contributed by atoms with Crippen LogP contribution in [0.5, 0.6) is 0 Å². The van der Waals surface area contributed by atoms with Crippen LogP contribution in [-0.2, 0) is 0 Å². The van der Waals surface area contributed by atoms with E-state index in [1.54, 1.807) is 6.20 Å². The van der Waals surface area contributed by atoms with Gasteiger partial charge in [0.05, 0.1) is 11.4 Å². The molecule has 0 bridgehead atoms. The molecule has 2 nitrogen and oxygen atoms in total. The molecule has 0 spiro atoms. The maximum atomic E-state index is 4.41. The van der Waals surface area contributed by atoms with Crippen molar-refractivity contribution in [2.24, 2.45) is 0 Å². The predicted molar refractivity (Wildman–Crippen MR) is 71.6 cm³/mol. The zero-order chi connectivity index (χ0) is 11.7. The Hall–Kier alpha value is -2.35. The highest BCUT2D eigenvalue weighted by Gasteiger charge is 2.06. The van der Waals surface area contributed by atoms with E-state index < -0.39 is 0 Å². The molecule has 0 amide bonds. The Morgan fingerprint density at radius 1 is 1.12 bits per heavy atom. The van der Waals surface area contributed by atoms with Crippen LogP contribution in [0.1, 0.15) is 5.56 Å². The van der Waals surface area contributed by atoms with Crippen LogP contribution >= 0.6 is 0 Å². The molecule has 0 atom stereocenters. The largest absolute Gasteiger partial charge is 0.353 e. The number of rotatable bonds is 2. The highest BCUT2D eigenvalue weighted by molar-refractivity contribution is 5.86. The third kappa shape index (κ3) is 1.64. The number of aromatic nitrogens is 2. The third-order valence-electron chi connectivity index (χ3n) is 2.84. The molecular formula is C15H12N2. The molecule has 2 heterocycles. The molecule has 1 N–H and O–H groups in total. The summed E-state index contributed by atoms with van der Waals surface area (Å²) in [4.78, 5) is 7.79. The number of nitrogens with zero attached hydrogens (tertiary/aromatic N) is 1. The summed E-state index contributed by atoms with van der Waals surface area (Å²) in [7, 11) is 0. The van der Waals surface area contributed by atoms with E-state index in [0.717, 1.165) is 22.5 Å². The number of hydrogen-bond donors (Lipinski definition) is 1. The topological polar surface area (TPSA) is 28.7 Å². The van der Waals surface area contributed by atoms with Crippen molar-refractivity contribution in [3.05, 3.63) is 60.8 Å². The van der Waals surface area contributed by atoms with Gasteiger partial charge in [-0.3, -0.25) is 4.98 Å². The standard InChI is InChI=1S/C15H12N2/c1-2-11-7-5-9-16-15(11)14-10-12-6-3-4-8-13(12)17-14/h2-10,17H,1H2. The van der Waals surface area contributed by atoms with Gasteiger partial charge >= 0.3 is 0 Å². The quantitative estimate of drug-likeness (QED) is 0.697. The summed E-state index contributed by atoms with van der Waals surface area (Å²) in [6.07, 6.45) is 3.63. The number of benzene rings is 1. The fourth-order valence-corrected chi connectivity index (χ4v) is 2.01. The zero-order valence-electron chi connectivity index (χ0n) is 9.35. The lowest BCUT2D eigenvalue weighted by molar-refractivity contribution is 1.28. The van der Waals surface area contributed by atoms with Crippen LogP contribution in [0.25, 0.3) is 28.4 Å². The van der Waals surface area contributed by atoms with Gasteiger partial charge in [0, 0.05) is 22.7 Å². The Morgan fingerprint density at radius 2 is 2.00 bits per heavy atom. The Kier molecular flexibility index (Phi) is 2.26. The van der Waals surface area contributed by atoms with Crippen molar-refractivity contribution in [1.29, 1.82) is 0 Å². The molecule has 0 fully saturated rings. The molecule has 3 aromatic rings. The molecule has 0 aliphatic heterocycles. The second-order valence-corrected chi connectivity index (χ2v) is 3.92. The van der Waals surface area contributed by atoms with Crippen LogP contribution in [0, 0.1) is 0 Å². The van der Waals surface area contributed by atoms with E-state index in [-0.39, 0.29) is 0 Å². The van der Waals surface area contributed by atoms with E-state index in [2.05, 4.69) is 34.7 Å². The number of H-pyrrole nitrogens is 1. The lowest BCUT2D eigenvalue weighted by atomic mass is 10.1. The van der Waals surface area contributed by atoms with Crippen molar-refractivity contribution in [3.63, 3.8) is 0 Å². The van der Waals surface area contributed by atoms with Gasteiger partial charge in [0.1, 0.15) is 0 Å². The fraction of sp³-hybridized carbons (Fsp3) is 0. The van der Waals surface area contributed by atoms with Crippen molar-refractivity contribution in [1.82, 2.24) is 9.97 Å². The first-order valence-electron chi connectivity index (χ1n) is 5.54. The van der Waals surface area contributed by atoms with E-state index in [0.29, 0.717) is 0 Å². The van der Waals surface area contributed by atoms with E-state index in [4.69, 9.17) is 0 Å². The minimum atomic E-state index is 0.943. The predicted octanol–water partition coefficient (Wildman–Crippen LogP) is 3.87. The SMILES string of the molecule is C=Cc1cccnc1-c1cc2ccccc2[nH]1. The van der Waals surface area contributed by atoms with Crippen LogP contribution in [0.2, 0.25) is 0 Å². The van der Waals surface area contributed by atoms with Crippen LogP contribution in [0.3, 0.4) is 0 Å². The summed E-state index contributed by atoms with van der Waals surface area (Å²) in [5, 5.41) is 1.20. The van der Waals surface area contributed by atoms with E-state index in [1.165, 1.54) is 5.39 Å². The molecule has 0 saturated heterocycles. The van der Waals surface area contributed by atoms with Crippen LogP contribution in [0.15, 0.2) is 55.2 Å². The fourth-order valence-electron chi connectivity index (χ4n) is 2.01. The Morgan fingerprint density at radius 3 is 2.82 bits per heavy atom. The number of hydrogen-bond acceptors (Lipinski definition) is 1. The number of nitrogens with one attached hydrogen (secondary N) is 1. The molecule has 2 heteroatoms. The molecule has 0 radical (unpaired) electrons. The van der Waals surface area contributed by atoms with Crippen molar-refractivity contribution in [3.8, 4) is 11.4 Å². The van der Waals surface area contributed by atoms with Gasteiger partial charge in [0.15, 0.2) is 0 Å². The highest BCUT2D eigenvalue weighted by atomic mass is 14.8. The van der Waals surface area contributed by atoms with E-state index >= 15 is 0 Å². The summed E-state index contributed by atoms with van der Waals surface area (Å²) < 4.78 is 0. The highest BCUT2D eigenvalue weighted by Crippen LogP contribution is 2.25. The number of aromatic amines is 1.